The number of carbonyl (C=O) groups excluding carboxylic acids is 2. The number of hydrogen-bond acceptors (Lipinski definition) is 5. The van der Waals surface area contributed by atoms with Crippen LogP contribution in [0.2, 0.25) is 0 Å². The first-order chi connectivity index (χ1) is 33.0. The Morgan fingerprint density at radius 3 is 1.36 bits per heavy atom. The monoisotopic (exact) mass is 932 g/mol. The fourth-order valence-corrected chi connectivity index (χ4v) is 7.99. The van der Waals surface area contributed by atoms with Crippen LogP contribution >= 0.6 is 0 Å². The summed E-state index contributed by atoms with van der Waals surface area (Å²) in [7, 11) is 0. The standard InChI is InChI=1S/C61H105NO5/c1-4-7-10-13-16-19-22-25-27-29-30-31-33-36-39-42-45-48-51-54-61(66)67-57(52-49-46-43-40-37-35-32-28-26-23-20-17-14-11-8-5-2)55-60(65)62-58(56-63)59(64)53-50-47-44-41-38-34-24-21-18-15-12-9-6-3/h7,10,16,19,23,25-28,30-32,35-37,39,57-59,63-64H,4-6,8-9,11-15,17-18,20-22,24,29,33-34,38,40-56H2,1-3H3,(H,62,65)/b10-7-,19-16-,26-23+,27-25-,31-30-,32-28+,37-35+,39-36-. The van der Waals surface area contributed by atoms with Gasteiger partial charge in [-0.05, 0) is 96.3 Å². The number of ether oxygens (including phenoxy) is 1. The summed E-state index contributed by atoms with van der Waals surface area (Å²) in [4.78, 5) is 26.2. The van der Waals surface area contributed by atoms with Crippen LogP contribution in [0.1, 0.15) is 252 Å². The molecule has 0 radical (unpaired) electrons. The second-order valence-corrected chi connectivity index (χ2v) is 18.7. The zero-order valence-corrected chi connectivity index (χ0v) is 43.8. The van der Waals surface area contributed by atoms with Crippen molar-refractivity contribution in [1.82, 2.24) is 5.32 Å². The van der Waals surface area contributed by atoms with Crippen molar-refractivity contribution in [3.05, 3.63) is 97.2 Å². The SMILES string of the molecule is CC/C=C\C/C=C\C/C=C\C/C=C\C/C=C\CCCCCC(=O)OC(CCCCC/C=C/C=C/C=C/CCCCCCC)CC(=O)NC(CO)C(O)CCCCCCCCCCCCCCC. The van der Waals surface area contributed by atoms with Crippen LogP contribution in [0, 0.1) is 0 Å². The summed E-state index contributed by atoms with van der Waals surface area (Å²) in [6, 6.07) is -0.726. The van der Waals surface area contributed by atoms with Crippen LogP contribution in [0.5, 0.6) is 0 Å². The molecule has 67 heavy (non-hydrogen) atoms. The van der Waals surface area contributed by atoms with Crippen LogP contribution < -0.4 is 5.32 Å². The molecule has 0 fully saturated rings. The predicted molar refractivity (Wildman–Crippen MR) is 291 cm³/mol. The van der Waals surface area contributed by atoms with E-state index in [9.17, 15) is 19.8 Å². The van der Waals surface area contributed by atoms with E-state index in [1.165, 1.54) is 96.3 Å². The van der Waals surface area contributed by atoms with Crippen molar-refractivity contribution in [1.29, 1.82) is 0 Å². The van der Waals surface area contributed by atoms with Gasteiger partial charge in [0.25, 0.3) is 0 Å². The minimum atomic E-state index is -0.809. The highest BCUT2D eigenvalue weighted by molar-refractivity contribution is 5.77. The molecule has 0 aromatic rings. The maximum atomic E-state index is 13.2. The Balaban J connectivity index is 4.72. The van der Waals surface area contributed by atoms with E-state index >= 15 is 0 Å². The van der Waals surface area contributed by atoms with Gasteiger partial charge in [-0.25, -0.2) is 0 Å². The third kappa shape index (κ3) is 49.0. The van der Waals surface area contributed by atoms with Gasteiger partial charge in [0, 0.05) is 6.42 Å². The first kappa shape index (κ1) is 63.8. The van der Waals surface area contributed by atoms with Gasteiger partial charge in [-0.2, -0.15) is 0 Å². The van der Waals surface area contributed by atoms with Gasteiger partial charge in [-0.1, -0.05) is 240 Å². The number of unbranched alkanes of at least 4 members (excludes halogenated alkanes) is 23. The third-order valence-corrected chi connectivity index (χ3v) is 12.2. The fourth-order valence-electron chi connectivity index (χ4n) is 7.99. The van der Waals surface area contributed by atoms with Gasteiger partial charge in [-0.15, -0.1) is 0 Å². The van der Waals surface area contributed by atoms with Gasteiger partial charge in [0.1, 0.15) is 6.10 Å². The molecular weight excluding hydrogens is 827 g/mol. The van der Waals surface area contributed by atoms with Gasteiger partial charge < -0.3 is 20.3 Å². The predicted octanol–water partition coefficient (Wildman–Crippen LogP) is 17.3. The molecule has 1 amide bonds. The first-order valence-corrected chi connectivity index (χ1v) is 28.0. The molecule has 6 nitrogen and oxygen atoms in total. The van der Waals surface area contributed by atoms with Crippen LogP contribution in [-0.2, 0) is 14.3 Å². The maximum absolute atomic E-state index is 13.2. The Morgan fingerprint density at radius 2 is 0.866 bits per heavy atom. The molecule has 384 valence electrons. The zero-order chi connectivity index (χ0) is 48.8. The summed E-state index contributed by atoms with van der Waals surface area (Å²) >= 11 is 0. The lowest BCUT2D eigenvalue weighted by Crippen LogP contribution is -2.46. The van der Waals surface area contributed by atoms with Crippen molar-refractivity contribution < 1.29 is 24.5 Å². The molecule has 0 spiro atoms. The number of allylic oxidation sites excluding steroid dienone is 16. The summed E-state index contributed by atoms with van der Waals surface area (Å²) in [5, 5.41) is 23.8. The number of hydrogen-bond donors (Lipinski definition) is 3. The number of aliphatic hydroxyl groups is 2. The molecule has 6 heteroatoms. The lowest BCUT2D eigenvalue weighted by Gasteiger charge is -2.24. The van der Waals surface area contributed by atoms with E-state index in [2.05, 4.69) is 123 Å². The number of amides is 1. The average molecular weight is 933 g/mol. The Labute approximate surface area is 414 Å². The maximum Gasteiger partial charge on any atom is 0.306 e. The highest BCUT2D eigenvalue weighted by Crippen LogP contribution is 2.17. The van der Waals surface area contributed by atoms with E-state index < -0.39 is 18.2 Å². The van der Waals surface area contributed by atoms with Crippen LogP contribution in [0.4, 0.5) is 0 Å². The quantitative estimate of drug-likeness (QED) is 0.0244. The van der Waals surface area contributed by atoms with E-state index in [1.54, 1.807) is 0 Å². The highest BCUT2D eigenvalue weighted by atomic mass is 16.5. The van der Waals surface area contributed by atoms with E-state index in [-0.39, 0.29) is 24.9 Å². The fraction of sp³-hybridized carbons (Fsp3) is 0.705. The summed E-state index contributed by atoms with van der Waals surface area (Å²) in [6.45, 7) is 6.34. The molecule has 3 unspecified atom stereocenters. The number of esters is 1. The Hall–Kier alpha value is -3.22. The van der Waals surface area contributed by atoms with Crippen molar-refractivity contribution in [2.45, 2.75) is 270 Å². The molecule has 0 aliphatic carbocycles. The minimum Gasteiger partial charge on any atom is -0.462 e. The highest BCUT2D eigenvalue weighted by Gasteiger charge is 2.24. The van der Waals surface area contributed by atoms with Crippen molar-refractivity contribution in [2.75, 3.05) is 6.61 Å². The van der Waals surface area contributed by atoms with Crippen LogP contribution in [0.15, 0.2) is 97.2 Å². The summed E-state index contributed by atoms with van der Waals surface area (Å²) in [5.74, 6) is -0.548. The molecule has 0 saturated heterocycles. The van der Waals surface area contributed by atoms with E-state index in [0.717, 1.165) is 109 Å². The first-order valence-electron chi connectivity index (χ1n) is 28.0. The largest absolute Gasteiger partial charge is 0.462 e. The van der Waals surface area contributed by atoms with Gasteiger partial charge in [0.2, 0.25) is 5.91 Å². The van der Waals surface area contributed by atoms with Crippen molar-refractivity contribution in [2.24, 2.45) is 0 Å². The molecule has 0 heterocycles. The molecule has 0 rings (SSSR count). The zero-order valence-electron chi connectivity index (χ0n) is 43.8. The molecule has 0 aromatic heterocycles. The molecule has 0 aliphatic heterocycles. The van der Waals surface area contributed by atoms with Gasteiger partial charge in [0.15, 0.2) is 0 Å². The second-order valence-electron chi connectivity index (χ2n) is 18.7. The van der Waals surface area contributed by atoms with Crippen LogP contribution in [0.3, 0.4) is 0 Å². The molecular formula is C61H105NO5. The Kier molecular flexibility index (Phi) is 51.1. The third-order valence-electron chi connectivity index (χ3n) is 12.2. The van der Waals surface area contributed by atoms with E-state index in [1.807, 2.05) is 0 Å². The lowest BCUT2D eigenvalue weighted by atomic mass is 10.0. The molecule has 3 atom stereocenters. The second kappa shape index (κ2) is 53.7. The van der Waals surface area contributed by atoms with Crippen molar-refractivity contribution >= 4 is 11.9 Å². The molecule has 0 aliphatic rings. The number of rotatable bonds is 49. The van der Waals surface area contributed by atoms with Crippen molar-refractivity contribution in [3.63, 3.8) is 0 Å². The number of aliphatic hydroxyl groups excluding tert-OH is 2. The molecule has 0 saturated carbocycles. The van der Waals surface area contributed by atoms with E-state index in [0.29, 0.717) is 19.3 Å². The van der Waals surface area contributed by atoms with Gasteiger partial charge >= 0.3 is 5.97 Å². The lowest BCUT2D eigenvalue weighted by molar-refractivity contribution is -0.151. The van der Waals surface area contributed by atoms with Crippen LogP contribution in [-0.4, -0.2) is 46.9 Å². The van der Waals surface area contributed by atoms with Gasteiger partial charge in [0.05, 0.1) is 25.2 Å². The number of nitrogens with one attached hydrogen (secondary N) is 1. The Morgan fingerprint density at radius 1 is 0.463 bits per heavy atom. The summed E-state index contributed by atoms with van der Waals surface area (Å²) in [6.07, 6.45) is 71.8. The van der Waals surface area contributed by atoms with Gasteiger partial charge in [-0.3, -0.25) is 9.59 Å². The molecule has 3 N–H and O–H groups in total. The smallest absolute Gasteiger partial charge is 0.306 e. The van der Waals surface area contributed by atoms with Crippen LogP contribution in [0.25, 0.3) is 0 Å². The Bertz CT molecular complexity index is 1320. The summed E-state index contributed by atoms with van der Waals surface area (Å²) in [5.41, 5.74) is 0. The molecule has 0 aromatic carbocycles. The topological polar surface area (TPSA) is 95.9 Å². The molecule has 0 bridgehead atoms. The average Bonchev–Trinajstić information content (AvgIpc) is 3.32. The number of carbonyl (C=O) groups is 2. The summed E-state index contributed by atoms with van der Waals surface area (Å²) < 4.78 is 5.92. The van der Waals surface area contributed by atoms with E-state index in [4.69, 9.17) is 4.74 Å². The minimum absolute atomic E-state index is 0.0364. The van der Waals surface area contributed by atoms with Crippen molar-refractivity contribution in [3.8, 4) is 0 Å². The normalized spacial score (nSPS) is 13.9.